The van der Waals surface area contributed by atoms with Crippen LogP contribution < -0.4 is 5.73 Å². The van der Waals surface area contributed by atoms with Crippen molar-refractivity contribution in [1.82, 2.24) is 4.98 Å². The average Bonchev–Trinajstić information content (AvgIpc) is 2.42. The molecule has 1 saturated carbocycles. The number of rotatable bonds is 5. The van der Waals surface area contributed by atoms with Gasteiger partial charge in [0.05, 0.1) is 5.03 Å². The Labute approximate surface area is 115 Å². The first-order valence-corrected chi connectivity index (χ1v) is 8.03. The lowest BCUT2D eigenvalue weighted by Crippen LogP contribution is -2.21. The normalized spacial score (nSPS) is 18.8. The molecule has 2 rings (SSSR count). The van der Waals surface area contributed by atoms with E-state index < -0.39 is 0 Å². The highest BCUT2D eigenvalue weighted by Crippen LogP contribution is 2.32. The summed E-state index contributed by atoms with van der Waals surface area (Å²) in [4.78, 5) is 4.57. The lowest BCUT2D eigenvalue weighted by Gasteiger charge is -2.20. The standard InChI is InChI=1S/C15H24N2S/c1-2-13(16)10-12-8-9-15(17-11-12)18-14-6-4-3-5-7-14/h8-9,11,13-14H,2-7,10,16H2,1H3. The summed E-state index contributed by atoms with van der Waals surface area (Å²) in [7, 11) is 0. The molecule has 1 aromatic rings. The minimum atomic E-state index is 0.267. The molecular formula is C15H24N2S. The summed E-state index contributed by atoms with van der Waals surface area (Å²) in [5.41, 5.74) is 7.22. The highest BCUT2D eigenvalue weighted by atomic mass is 32.2. The van der Waals surface area contributed by atoms with Crippen LogP contribution in [0.4, 0.5) is 0 Å². The van der Waals surface area contributed by atoms with E-state index in [1.165, 1.54) is 42.7 Å². The zero-order valence-electron chi connectivity index (χ0n) is 11.3. The SMILES string of the molecule is CCC(N)Cc1ccc(SC2CCCCC2)nc1. The molecule has 0 saturated heterocycles. The molecule has 2 N–H and O–H groups in total. The Morgan fingerprint density at radius 1 is 1.33 bits per heavy atom. The van der Waals surface area contributed by atoms with Crippen molar-refractivity contribution in [3.63, 3.8) is 0 Å². The third-order valence-corrected chi connectivity index (χ3v) is 4.95. The highest BCUT2D eigenvalue weighted by molar-refractivity contribution is 7.99. The van der Waals surface area contributed by atoms with Crippen molar-refractivity contribution in [2.45, 2.75) is 68.2 Å². The van der Waals surface area contributed by atoms with Crippen LogP contribution in [0.2, 0.25) is 0 Å². The van der Waals surface area contributed by atoms with Gasteiger partial charge < -0.3 is 5.73 Å². The van der Waals surface area contributed by atoms with Gasteiger partial charge in [-0.1, -0.05) is 32.3 Å². The zero-order valence-corrected chi connectivity index (χ0v) is 12.1. The summed E-state index contributed by atoms with van der Waals surface area (Å²) in [5.74, 6) is 0. The Kier molecular flexibility index (Phi) is 5.51. The molecule has 0 aromatic carbocycles. The van der Waals surface area contributed by atoms with Crippen LogP contribution in [0.5, 0.6) is 0 Å². The van der Waals surface area contributed by atoms with Gasteiger partial charge in [-0.05, 0) is 37.3 Å². The molecule has 0 amide bonds. The van der Waals surface area contributed by atoms with Crippen LogP contribution in [0.25, 0.3) is 0 Å². The van der Waals surface area contributed by atoms with Gasteiger partial charge in [0.2, 0.25) is 0 Å². The number of hydrogen-bond acceptors (Lipinski definition) is 3. The molecule has 1 fully saturated rings. The Bertz CT molecular complexity index is 344. The monoisotopic (exact) mass is 264 g/mol. The fraction of sp³-hybridized carbons (Fsp3) is 0.667. The van der Waals surface area contributed by atoms with Crippen molar-refractivity contribution in [3.8, 4) is 0 Å². The van der Waals surface area contributed by atoms with Gasteiger partial charge in [-0.2, -0.15) is 0 Å². The summed E-state index contributed by atoms with van der Waals surface area (Å²) >= 11 is 1.96. The first-order chi connectivity index (χ1) is 8.78. The van der Waals surface area contributed by atoms with Gasteiger partial charge in [-0.15, -0.1) is 11.8 Å². The Hall–Kier alpha value is -0.540. The molecule has 0 bridgehead atoms. The maximum Gasteiger partial charge on any atom is 0.0962 e. The van der Waals surface area contributed by atoms with Crippen LogP contribution in [-0.4, -0.2) is 16.3 Å². The Balaban J connectivity index is 1.86. The van der Waals surface area contributed by atoms with E-state index in [1.807, 2.05) is 18.0 Å². The minimum Gasteiger partial charge on any atom is -0.327 e. The molecule has 1 atom stereocenters. The fourth-order valence-corrected chi connectivity index (χ4v) is 3.57. The lowest BCUT2D eigenvalue weighted by molar-refractivity contribution is 0.515. The van der Waals surface area contributed by atoms with E-state index in [9.17, 15) is 0 Å². The molecule has 1 aliphatic carbocycles. The van der Waals surface area contributed by atoms with Gasteiger partial charge in [0.1, 0.15) is 0 Å². The maximum absolute atomic E-state index is 5.96. The molecule has 18 heavy (non-hydrogen) atoms. The second-order valence-electron chi connectivity index (χ2n) is 5.26. The first-order valence-electron chi connectivity index (χ1n) is 7.15. The molecule has 1 unspecified atom stereocenters. The van der Waals surface area contributed by atoms with E-state index in [0.717, 1.165) is 18.1 Å². The van der Waals surface area contributed by atoms with Crippen LogP contribution in [0.15, 0.2) is 23.4 Å². The van der Waals surface area contributed by atoms with Crippen molar-refractivity contribution in [2.24, 2.45) is 5.73 Å². The van der Waals surface area contributed by atoms with Gasteiger partial charge in [-0.25, -0.2) is 4.98 Å². The number of nitrogens with zero attached hydrogens (tertiary/aromatic N) is 1. The van der Waals surface area contributed by atoms with E-state index in [-0.39, 0.29) is 6.04 Å². The van der Waals surface area contributed by atoms with Crippen LogP contribution >= 0.6 is 11.8 Å². The molecule has 0 spiro atoms. The second kappa shape index (κ2) is 7.15. The number of thioether (sulfide) groups is 1. The summed E-state index contributed by atoms with van der Waals surface area (Å²) < 4.78 is 0. The summed E-state index contributed by atoms with van der Waals surface area (Å²) in [6.07, 6.45) is 10.9. The predicted octanol–water partition coefficient (Wildman–Crippen LogP) is 3.79. The van der Waals surface area contributed by atoms with E-state index in [4.69, 9.17) is 5.73 Å². The van der Waals surface area contributed by atoms with Gasteiger partial charge in [-0.3, -0.25) is 0 Å². The van der Waals surface area contributed by atoms with E-state index in [0.29, 0.717) is 0 Å². The molecule has 1 aromatic heterocycles. The smallest absolute Gasteiger partial charge is 0.0962 e. The molecule has 1 heterocycles. The molecule has 0 radical (unpaired) electrons. The fourth-order valence-electron chi connectivity index (χ4n) is 2.40. The summed E-state index contributed by atoms with van der Waals surface area (Å²) in [6, 6.07) is 4.62. The summed E-state index contributed by atoms with van der Waals surface area (Å²) in [6.45, 7) is 2.13. The van der Waals surface area contributed by atoms with Crippen LogP contribution in [0.1, 0.15) is 51.0 Å². The Morgan fingerprint density at radius 2 is 2.11 bits per heavy atom. The average molecular weight is 264 g/mol. The zero-order chi connectivity index (χ0) is 12.8. The van der Waals surface area contributed by atoms with Crippen LogP contribution in [-0.2, 0) is 6.42 Å². The number of pyridine rings is 1. The van der Waals surface area contributed by atoms with E-state index in [2.05, 4.69) is 24.0 Å². The van der Waals surface area contributed by atoms with E-state index in [1.54, 1.807) is 0 Å². The second-order valence-corrected chi connectivity index (χ2v) is 6.58. The van der Waals surface area contributed by atoms with Crippen molar-refractivity contribution in [2.75, 3.05) is 0 Å². The van der Waals surface area contributed by atoms with Crippen LogP contribution in [0.3, 0.4) is 0 Å². The van der Waals surface area contributed by atoms with E-state index >= 15 is 0 Å². The highest BCUT2D eigenvalue weighted by Gasteiger charge is 2.15. The third-order valence-electron chi connectivity index (χ3n) is 3.66. The number of aromatic nitrogens is 1. The topological polar surface area (TPSA) is 38.9 Å². The van der Waals surface area contributed by atoms with Crippen molar-refractivity contribution >= 4 is 11.8 Å². The minimum absolute atomic E-state index is 0.267. The molecule has 0 aliphatic heterocycles. The Morgan fingerprint density at radius 3 is 2.72 bits per heavy atom. The maximum atomic E-state index is 5.96. The predicted molar refractivity (Wildman–Crippen MR) is 78.9 cm³/mol. The van der Waals surface area contributed by atoms with Gasteiger partial charge in [0, 0.05) is 17.5 Å². The van der Waals surface area contributed by atoms with Crippen molar-refractivity contribution < 1.29 is 0 Å². The molecule has 100 valence electrons. The number of nitrogens with two attached hydrogens (primary N) is 1. The van der Waals surface area contributed by atoms with Gasteiger partial charge >= 0.3 is 0 Å². The molecule has 3 heteroatoms. The quantitative estimate of drug-likeness (QED) is 0.879. The third kappa shape index (κ3) is 4.29. The number of hydrogen-bond donors (Lipinski definition) is 1. The molecule has 1 aliphatic rings. The van der Waals surface area contributed by atoms with Crippen LogP contribution in [0, 0.1) is 0 Å². The molecule has 2 nitrogen and oxygen atoms in total. The van der Waals surface area contributed by atoms with Gasteiger partial charge in [0.15, 0.2) is 0 Å². The lowest BCUT2D eigenvalue weighted by atomic mass is 10.0. The summed E-state index contributed by atoms with van der Waals surface area (Å²) in [5, 5.41) is 1.96. The van der Waals surface area contributed by atoms with Crippen molar-refractivity contribution in [1.29, 1.82) is 0 Å². The molecular weight excluding hydrogens is 240 g/mol. The largest absolute Gasteiger partial charge is 0.327 e. The van der Waals surface area contributed by atoms with Gasteiger partial charge in [0.25, 0.3) is 0 Å². The van der Waals surface area contributed by atoms with Crippen molar-refractivity contribution in [3.05, 3.63) is 23.9 Å². The first kappa shape index (κ1) is 13.9.